The Balaban J connectivity index is 2.29. The average Bonchev–Trinajstić information content (AvgIpc) is 2.48. The third-order valence-electron chi connectivity index (χ3n) is 3.40. The van der Waals surface area contributed by atoms with Crippen molar-refractivity contribution in [3.8, 4) is 0 Å². The maximum atomic E-state index is 13.4. The molecule has 0 bridgehead atoms. The van der Waals surface area contributed by atoms with Gasteiger partial charge in [0.1, 0.15) is 5.82 Å². The molecule has 0 radical (unpaired) electrons. The van der Waals surface area contributed by atoms with Gasteiger partial charge >= 0.3 is 0 Å². The van der Waals surface area contributed by atoms with E-state index >= 15 is 0 Å². The van der Waals surface area contributed by atoms with Crippen LogP contribution in [-0.2, 0) is 11.3 Å². The van der Waals surface area contributed by atoms with Gasteiger partial charge in [0.15, 0.2) is 0 Å². The second-order valence-corrected chi connectivity index (χ2v) is 5.71. The highest BCUT2D eigenvalue weighted by molar-refractivity contribution is 9.10. The summed E-state index contributed by atoms with van der Waals surface area (Å²) in [7, 11) is 1.67. The summed E-state index contributed by atoms with van der Waals surface area (Å²) >= 11 is 3.55. The lowest BCUT2D eigenvalue weighted by atomic mass is 10.0. The fourth-order valence-corrected chi connectivity index (χ4v) is 2.80. The third kappa shape index (κ3) is 4.05. The van der Waals surface area contributed by atoms with E-state index in [2.05, 4.69) is 28.2 Å². The normalized spacial score (nSPS) is 12.2. The molecule has 0 aromatic heterocycles. The molecule has 0 saturated carbocycles. The van der Waals surface area contributed by atoms with Crippen LogP contribution in [-0.4, -0.2) is 7.11 Å². The van der Waals surface area contributed by atoms with Crippen LogP contribution in [0.2, 0.25) is 0 Å². The number of hydrogen-bond acceptors (Lipinski definition) is 2. The molecule has 0 aliphatic carbocycles. The number of ether oxygens (including phenoxy) is 1. The zero-order valence-electron chi connectivity index (χ0n) is 12.2. The quantitative estimate of drug-likeness (QED) is 0.762. The molecule has 2 nitrogen and oxygen atoms in total. The van der Waals surface area contributed by atoms with Gasteiger partial charge in [0.2, 0.25) is 0 Å². The first-order valence-electron chi connectivity index (χ1n) is 6.94. The fraction of sp³-hybridized carbons (Fsp3) is 0.294. The lowest BCUT2D eigenvalue weighted by Crippen LogP contribution is -2.12. The van der Waals surface area contributed by atoms with Crippen LogP contribution in [0, 0.1) is 5.82 Å². The van der Waals surface area contributed by atoms with Crippen LogP contribution >= 0.6 is 15.9 Å². The van der Waals surface area contributed by atoms with Gasteiger partial charge in [-0.25, -0.2) is 4.39 Å². The molecule has 1 N–H and O–H groups in total. The summed E-state index contributed by atoms with van der Waals surface area (Å²) in [5, 5.41) is 3.49. The summed E-state index contributed by atoms with van der Waals surface area (Å²) in [4.78, 5) is 0. The Morgan fingerprint density at radius 2 is 2.00 bits per heavy atom. The number of methoxy groups -OCH3 is 1. The van der Waals surface area contributed by atoms with E-state index < -0.39 is 0 Å². The van der Waals surface area contributed by atoms with Gasteiger partial charge in [0, 0.05) is 22.8 Å². The van der Waals surface area contributed by atoms with Crippen LogP contribution in [0.15, 0.2) is 46.9 Å². The topological polar surface area (TPSA) is 21.3 Å². The summed E-state index contributed by atoms with van der Waals surface area (Å²) in [6.07, 6.45) is 0.863. The van der Waals surface area contributed by atoms with Gasteiger partial charge in [0.25, 0.3) is 0 Å². The first kappa shape index (κ1) is 16.0. The largest absolute Gasteiger partial charge is 0.380 e. The van der Waals surface area contributed by atoms with Gasteiger partial charge in [-0.2, -0.15) is 0 Å². The number of benzene rings is 2. The van der Waals surface area contributed by atoms with Crippen LogP contribution in [0.4, 0.5) is 10.1 Å². The van der Waals surface area contributed by atoms with Gasteiger partial charge in [-0.3, -0.25) is 0 Å². The first-order valence-corrected chi connectivity index (χ1v) is 7.73. The average molecular weight is 352 g/mol. The SMILES string of the molecule is CCC(Nc1cccc(Br)c1COC)c1cccc(F)c1. The molecule has 4 heteroatoms. The molecule has 0 saturated heterocycles. The molecule has 2 rings (SSSR count). The molecular formula is C17H19BrFNO. The van der Waals surface area contributed by atoms with Crippen LogP contribution in [0.1, 0.15) is 30.5 Å². The maximum Gasteiger partial charge on any atom is 0.123 e. The molecule has 21 heavy (non-hydrogen) atoms. The fourth-order valence-electron chi connectivity index (χ4n) is 2.32. The van der Waals surface area contributed by atoms with Crippen molar-refractivity contribution in [3.05, 3.63) is 63.9 Å². The molecule has 0 heterocycles. The zero-order chi connectivity index (χ0) is 15.2. The number of rotatable bonds is 6. The molecule has 112 valence electrons. The first-order chi connectivity index (χ1) is 10.2. The Morgan fingerprint density at radius 3 is 2.67 bits per heavy atom. The second-order valence-electron chi connectivity index (χ2n) is 4.86. The van der Waals surface area contributed by atoms with E-state index in [1.807, 2.05) is 24.3 Å². The second kappa shape index (κ2) is 7.57. The summed E-state index contributed by atoms with van der Waals surface area (Å²) in [6, 6.07) is 12.8. The zero-order valence-corrected chi connectivity index (χ0v) is 13.8. The standard InChI is InChI=1S/C17H19BrFNO/c1-3-16(12-6-4-7-13(19)10-12)20-17-9-5-8-15(18)14(17)11-21-2/h4-10,16,20H,3,11H2,1-2H3. The van der Waals surface area contributed by atoms with E-state index in [9.17, 15) is 4.39 Å². The Kier molecular flexibility index (Phi) is 5.76. The molecule has 0 aliphatic heterocycles. The van der Waals surface area contributed by atoms with Crippen LogP contribution in [0.5, 0.6) is 0 Å². The van der Waals surface area contributed by atoms with Crippen molar-refractivity contribution in [2.45, 2.75) is 26.0 Å². The van der Waals surface area contributed by atoms with Crippen molar-refractivity contribution >= 4 is 21.6 Å². The number of nitrogens with one attached hydrogen (secondary N) is 1. The molecule has 0 amide bonds. The van der Waals surface area contributed by atoms with Gasteiger partial charge in [-0.1, -0.05) is 41.1 Å². The lowest BCUT2D eigenvalue weighted by molar-refractivity contribution is 0.185. The molecule has 0 aliphatic rings. The monoisotopic (exact) mass is 351 g/mol. The van der Waals surface area contributed by atoms with Crippen molar-refractivity contribution in [2.75, 3.05) is 12.4 Å². The maximum absolute atomic E-state index is 13.4. The molecule has 0 spiro atoms. The van der Waals surface area contributed by atoms with E-state index in [0.29, 0.717) is 6.61 Å². The predicted molar refractivity (Wildman–Crippen MR) is 87.9 cm³/mol. The smallest absolute Gasteiger partial charge is 0.123 e. The number of anilines is 1. The molecule has 0 fully saturated rings. The molecule has 2 aromatic carbocycles. The van der Waals surface area contributed by atoms with E-state index in [1.165, 1.54) is 6.07 Å². The highest BCUT2D eigenvalue weighted by Crippen LogP contribution is 2.30. The van der Waals surface area contributed by atoms with Gasteiger partial charge in [0.05, 0.1) is 12.6 Å². The van der Waals surface area contributed by atoms with Crippen LogP contribution in [0.3, 0.4) is 0 Å². The molecular weight excluding hydrogens is 333 g/mol. The summed E-state index contributed by atoms with van der Waals surface area (Å²) < 4.78 is 19.7. The lowest BCUT2D eigenvalue weighted by Gasteiger charge is -2.21. The van der Waals surface area contributed by atoms with Crippen molar-refractivity contribution in [3.63, 3.8) is 0 Å². The van der Waals surface area contributed by atoms with Crippen molar-refractivity contribution in [1.29, 1.82) is 0 Å². The van der Waals surface area contributed by atoms with Crippen molar-refractivity contribution < 1.29 is 9.13 Å². The van der Waals surface area contributed by atoms with Crippen LogP contribution < -0.4 is 5.32 Å². The van der Waals surface area contributed by atoms with E-state index in [0.717, 1.165) is 27.7 Å². The van der Waals surface area contributed by atoms with Gasteiger partial charge < -0.3 is 10.1 Å². The van der Waals surface area contributed by atoms with E-state index in [4.69, 9.17) is 4.74 Å². The number of halogens is 2. The predicted octanol–water partition coefficient (Wildman–Crippen LogP) is 5.30. The van der Waals surface area contributed by atoms with Gasteiger partial charge in [-0.15, -0.1) is 0 Å². The minimum absolute atomic E-state index is 0.0607. The van der Waals surface area contributed by atoms with E-state index in [-0.39, 0.29) is 11.9 Å². The summed E-state index contributed by atoms with van der Waals surface area (Å²) in [6.45, 7) is 2.60. The molecule has 1 unspecified atom stereocenters. The Morgan fingerprint density at radius 1 is 1.24 bits per heavy atom. The summed E-state index contributed by atoms with van der Waals surface area (Å²) in [5.41, 5.74) is 3.01. The Hall–Kier alpha value is -1.39. The Labute approximate surface area is 133 Å². The van der Waals surface area contributed by atoms with Crippen LogP contribution in [0.25, 0.3) is 0 Å². The minimum atomic E-state index is -0.209. The van der Waals surface area contributed by atoms with Crippen molar-refractivity contribution in [2.24, 2.45) is 0 Å². The Bertz CT molecular complexity index is 603. The third-order valence-corrected chi connectivity index (χ3v) is 4.14. The minimum Gasteiger partial charge on any atom is -0.380 e. The van der Waals surface area contributed by atoms with Crippen molar-refractivity contribution in [1.82, 2.24) is 0 Å². The number of hydrogen-bond donors (Lipinski definition) is 1. The summed E-state index contributed by atoms with van der Waals surface area (Å²) in [5.74, 6) is -0.209. The molecule has 2 aromatic rings. The van der Waals surface area contributed by atoms with Gasteiger partial charge in [-0.05, 0) is 36.2 Å². The highest BCUT2D eigenvalue weighted by atomic mass is 79.9. The highest BCUT2D eigenvalue weighted by Gasteiger charge is 2.13. The van der Waals surface area contributed by atoms with E-state index in [1.54, 1.807) is 19.2 Å². The molecule has 1 atom stereocenters.